The fourth-order valence-corrected chi connectivity index (χ4v) is 3.24. The topological polar surface area (TPSA) is 23.6 Å². The molecule has 2 aliphatic rings. The molecule has 0 aliphatic carbocycles. The Morgan fingerprint density at radius 2 is 2.22 bits per heavy atom. The summed E-state index contributed by atoms with van der Waals surface area (Å²) >= 11 is 6.03. The van der Waals surface area contributed by atoms with E-state index in [9.17, 15) is 4.79 Å². The molecule has 1 amide bonds. The van der Waals surface area contributed by atoms with Crippen LogP contribution < -0.4 is 4.90 Å². The van der Waals surface area contributed by atoms with E-state index in [0.29, 0.717) is 0 Å². The van der Waals surface area contributed by atoms with Crippen molar-refractivity contribution >= 4 is 23.2 Å². The molecule has 0 saturated carbocycles. The Bertz CT molecular complexity index is 489. The van der Waals surface area contributed by atoms with Gasteiger partial charge in [0, 0.05) is 36.8 Å². The lowest BCUT2D eigenvalue weighted by molar-refractivity contribution is -0.131. The highest BCUT2D eigenvalue weighted by Gasteiger charge is 2.37. The van der Waals surface area contributed by atoms with Gasteiger partial charge in [-0.1, -0.05) is 11.6 Å². The summed E-state index contributed by atoms with van der Waals surface area (Å²) in [5, 5.41) is 0.756. The monoisotopic (exact) mass is 264 g/mol. The lowest BCUT2D eigenvalue weighted by atomic mass is 10.1. The molecular weight excluding hydrogens is 248 g/mol. The molecule has 0 aromatic heterocycles. The van der Waals surface area contributed by atoms with Crippen molar-refractivity contribution in [2.45, 2.75) is 25.8 Å². The Labute approximate surface area is 112 Å². The minimum absolute atomic E-state index is 0.0130. The number of halogens is 1. The number of amides is 1. The van der Waals surface area contributed by atoms with Gasteiger partial charge in [-0.05, 0) is 37.1 Å². The number of fused-ring (bicyclic) bond motifs is 3. The van der Waals surface area contributed by atoms with Crippen molar-refractivity contribution in [1.29, 1.82) is 0 Å². The zero-order valence-corrected chi connectivity index (χ0v) is 11.3. The van der Waals surface area contributed by atoms with Gasteiger partial charge < -0.3 is 9.80 Å². The van der Waals surface area contributed by atoms with Crippen molar-refractivity contribution < 1.29 is 4.79 Å². The van der Waals surface area contributed by atoms with Crippen LogP contribution in [0.15, 0.2) is 18.2 Å². The number of likely N-dealkylation sites (N-methyl/N-ethyl adjacent to an activating group) is 1. The number of anilines is 1. The fraction of sp³-hybridized carbons (Fsp3) is 0.500. The number of carbonyl (C=O) groups excluding carboxylic acids is 1. The van der Waals surface area contributed by atoms with E-state index in [1.165, 1.54) is 11.3 Å². The standard InChI is InChI=1S/C14H17ClN2O/c1-2-16-6-3-7-17-12-5-4-11(15)8-10(12)9-13(17)14(16)18/h4-5,8,13H,2-3,6-7,9H2,1H3. The van der Waals surface area contributed by atoms with Gasteiger partial charge in [-0.25, -0.2) is 0 Å². The van der Waals surface area contributed by atoms with Crippen LogP contribution >= 0.6 is 11.6 Å². The summed E-state index contributed by atoms with van der Waals surface area (Å²) in [4.78, 5) is 16.7. The van der Waals surface area contributed by atoms with Crippen LogP contribution in [0.25, 0.3) is 0 Å². The van der Waals surface area contributed by atoms with Gasteiger partial charge in [0.05, 0.1) is 0 Å². The van der Waals surface area contributed by atoms with Gasteiger partial charge >= 0.3 is 0 Å². The highest BCUT2D eigenvalue weighted by molar-refractivity contribution is 6.30. The molecule has 1 aromatic rings. The minimum Gasteiger partial charge on any atom is -0.359 e. The molecule has 0 bridgehead atoms. The number of hydrogen-bond acceptors (Lipinski definition) is 2. The van der Waals surface area contributed by atoms with Crippen LogP contribution in [0.2, 0.25) is 5.02 Å². The summed E-state index contributed by atoms with van der Waals surface area (Å²) in [6.07, 6.45) is 1.84. The van der Waals surface area contributed by atoms with Gasteiger partial charge in [0.2, 0.25) is 5.91 Å². The Morgan fingerprint density at radius 1 is 1.39 bits per heavy atom. The van der Waals surface area contributed by atoms with Gasteiger partial charge in [-0.15, -0.1) is 0 Å². The number of nitrogens with zero attached hydrogens (tertiary/aromatic N) is 2. The van der Waals surface area contributed by atoms with E-state index in [2.05, 4.69) is 4.90 Å². The molecule has 18 heavy (non-hydrogen) atoms. The molecule has 2 aliphatic heterocycles. The Hall–Kier alpha value is -1.22. The SMILES string of the molecule is CCN1CCCN2c3ccc(Cl)cc3CC2C1=O. The van der Waals surface area contributed by atoms with E-state index in [0.717, 1.165) is 37.5 Å². The molecule has 4 heteroatoms. The number of hydrogen-bond donors (Lipinski definition) is 0. The summed E-state index contributed by atoms with van der Waals surface area (Å²) in [5.41, 5.74) is 2.40. The van der Waals surface area contributed by atoms with Gasteiger partial charge in [0.1, 0.15) is 6.04 Å². The van der Waals surface area contributed by atoms with Crippen molar-refractivity contribution in [2.24, 2.45) is 0 Å². The maximum Gasteiger partial charge on any atom is 0.245 e. The van der Waals surface area contributed by atoms with Crippen molar-refractivity contribution in [1.82, 2.24) is 4.90 Å². The van der Waals surface area contributed by atoms with Crippen LogP contribution in [-0.2, 0) is 11.2 Å². The fourth-order valence-electron chi connectivity index (χ4n) is 3.05. The molecule has 3 nitrogen and oxygen atoms in total. The molecule has 96 valence electrons. The molecule has 0 spiro atoms. The predicted molar refractivity (Wildman–Crippen MR) is 73.2 cm³/mol. The molecule has 1 aromatic carbocycles. The van der Waals surface area contributed by atoms with E-state index in [1.807, 2.05) is 30.0 Å². The van der Waals surface area contributed by atoms with E-state index >= 15 is 0 Å². The zero-order chi connectivity index (χ0) is 12.7. The van der Waals surface area contributed by atoms with Crippen molar-refractivity contribution in [2.75, 3.05) is 24.5 Å². The molecule has 1 fully saturated rings. The van der Waals surface area contributed by atoms with Crippen LogP contribution in [0.1, 0.15) is 18.9 Å². The summed E-state index contributed by atoms with van der Waals surface area (Å²) in [7, 11) is 0. The first kappa shape index (κ1) is 11.8. The highest BCUT2D eigenvalue weighted by atomic mass is 35.5. The van der Waals surface area contributed by atoms with Crippen molar-refractivity contribution in [3.05, 3.63) is 28.8 Å². The van der Waals surface area contributed by atoms with Gasteiger partial charge in [0.15, 0.2) is 0 Å². The van der Waals surface area contributed by atoms with E-state index in [1.54, 1.807) is 0 Å². The lowest BCUT2D eigenvalue weighted by Crippen LogP contribution is -2.44. The van der Waals surface area contributed by atoms with Crippen LogP contribution in [0, 0.1) is 0 Å². The third-order valence-corrected chi connectivity index (χ3v) is 4.18. The van der Waals surface area contributed by atoms with Crippen LogP contribution in [-0.4, -0.2) is 36.5 Å². The zero-order valence-electron chi connectivity index (χ0n) is 10.5. The summed E-state index contributed by atoms with van der Waals surface area (Å²) in [6.45, 7) is 4.69. The summed E-state index contributed by atoms with van der Waals surface area (Å²) in [5.74, 6) is 0.266. The first-order chi connectivity index (χ1) is 8.70. The smallest absolute Gasteiger partial charge is 0.245 e. The van der Waals surface area contributed by atoms with Gasteiger partial charge in [-0.3, -0.25) is 4.79 Å². The second kappa shape index (κ2) is 4.47. The first-order valence-electron chi connectivity index (χ1n) is 6.54. The van der Waals surface area contributed by atoms with E-state index in [-0.39, 0.29) is 11.9 Å². The Morgan fingerprint density at radius 3 is 3.00 bits per heavy atom. The van der Waals surface area contributed by atoms with Crippen LogP contribution in [0.3, 0.4) is 0 Å². The van der Waals surface area contributed by atoms with Gasteiger partial charge in [0.25, 0.3) is 0 Å². The third kappa shape index (κ3) is 1.77. The average molecular weight is 265 g/mol. The number of rotatable bonds is 1. The Balaban J connectivity index is 1.96. The first-order valence-corrected chi connectivity index (χ1v) is 6.92. The second-order valence-corrected chi connectivity index (χ2v) is 5.39. The quantitative estimate of drug-likeness (QED) is 0.777. The summed E-state index contributed by atoms with van der Waals surface area (Å²) < 4.78 is 0. The van der Waals surface area contributed by atoms with E-state index < -0.39 is 0 Å². The lowest BCUT2D eigenvalue weighted by Gasteiger charge is -2.25. The molecule has 1 saturated heterocycles. The van der Waals surface area contributed by atoms with E-state index in [4.69, 9.17) is 11.6 Å². The van der Waals surface area contributed by atoms with Gasteiger partial charge in [-0.2, -0.15) is 0 Å². The number of benzene rings is 1. The molecule has 2 heterocycles. The summed E-state index contributed by atoms with van der Waals surface area (Å²) in [6, 6.07) is 5.94. The molecule has 3 rings (SSSR count). The largest absolute Gasteiger partial charge is 0.359 e. The highest BCUT2D eigenvalue weighted by Crippen LogP contribution is 2.35. The van der Waals surface area contributed by atoms with Crippen molar-refractivity contribution in [3.63, 3.8) is 0 Å². The maximum atomic E-state index is 12.5. The molecule has 0 N–H and O–H groups in total. The molecule has 1 unspecified atom stereocenters. The average Bonchev–Trinajstić information content (AvgIpc) is 2.64. The Kier molecular flexibility index (Phi) is 2.94. The molecule has 1 atom stereocenters. The minimum atomic E-state index is -0.0130. The normalized spacial score (nSPS) is 22.8. The maximum absolute atomic E-state index is 12.5. The van der Waals surface area contributed by atoms with Crippen molar-refractivity contribution in [3.8, 4) is 0 Å². The third-order valence-electron chi connectivity index (χ3n) is 3.95. The number of carbonyl (C=O) groups is 1. The van der Waals surface area contributed by atoms with Crippen LogP contribution in [0.4, 0.5) is 5.69 Å². The molecule has 0 radical (unpaired) electrons. The van der Waals surface area contributed by atoms with Crippen LogP contribution in [0.5, 0.6) is 0 Å². The predicted octanol–water partition coefficient (Wildman–Crippen LogP) is 2.32. The molecular formula is C14H17ClN2O. The second-order valence-electron chi connectivity index (χ2n) is 4.96.